The van der Waals surface area contributed by atoms with Crippen molar-refractivity contribution in [3.05, 3.63) is 89.2 Å². The van der Waals surface area contributed by atoms with Gasteiger partial charge >= 0.3 is 0 Å². The maximum Gasteiger partial charge on any atom is 0.261 e. The summed E-state index contributed by atoms with van der Waals surface area (Å²) in [5, 5.41) is 0. The molecule has 0 aliphatic heterocycles. The van der Waals surface area contributed by atoms with Crippen molar-refractivity contribution >= 4 is 31.4 Å². The van der Waals surface area contributed by atoms with E-state index in [1.54, 1.807) is 32.0 Å². The average molecular weight is 449 g/mol. The van der Waals surface area contributed by atoms with E-state index in [2.05, 4.69) is 9.44 Å². The fourth-order valence-corrected chi connectivity index (χ4v) is 5.32. The highest BCUT2D eigenvalue weighted by Crippen LogP contribution is 2.24. The summed E-state index contributed by atoms with van der Waals surface area (Å²) >= 11 is 0. The van der Waals surface area contributed by atoms with Crippen LogP contribution in [0.4, 0.5) is 15.8 Å². The summed E-state index contributed by atoms with van der Waals surface area (Å²) in [7, 11) is -7.72. The molecule has 3 aromatic rings. The van der Waals surface area contributed by atoms with Crippen LogP contribution in [0.25, 0.3) is 0 Å². The molecular weight excluding hydrogens is 427 g/mol. The van der Waals surface area contributed by atoms with Gasteiger partial charge in [0.2, 0.25) is 10.0 Å². The summed E-state index contributed by atoms with van der Waals surface area (Å²) in [5.41, 5.74) is 2.30. The van der Waals surface area contributed by atoms with E-state index in [4.69, 9.17) is 0 Å². The Hall–Kier alpha value is -2.91. The van der Waals surface area contributed by atoms with Gasteiger partial charge in [-0.15, -0.1) is 0 Å². The van der Waals surface area contributed by atoms with Gasteiger partial charge in [0.1, 0.15) is 5.82 Å². The Bertz CT molecular complexity index is 1250. The Balaban J connectivity index is 1.76. The van der Waals surface area contributed by atoms with E-state index >= 15 is 0 Å². The third-order valence-electron chi connectivity index (χ3n) is 4.46. The lowest BCUT2D eigenvalue weighted by molar-refractivity contribution is 0.591. The summed E-state index contributed by atoms with van der Waals surface area (Å²) < 4.78 is 68.6. The number of sulfonamides is 2. The highest BCUT2D eigenvalue weighted by molar-refractivity contribution is 7.92. The van der Waals surface area contributed by atoms with Gasteiger partial charge in [-0.05, 0) is 55.3 Å². The summed E-state index contributed by atoms with van der Waals surface area (Å²) in [6.45, 7) is 3.61. The molecule has 3 aromatic carbocycles. The molecule has 158 valence electrons. The highest BCUT2D eigenvalue weighted by Gasteiger charge is 2.18. The lowest BCUT2D eigenvalue weighted by Crippen LogP contribution is -2.17. The molecule has 30 heavy (non-hydrogen) atoms. The minimum Gasteiger partial charge on any atom is -0.283 e. The van der Waals surface area contributed by atoms with Crippen LogP contribution in [0.1, 0.15) is 16.7 Å². The van der Waals surface area contributed by atoms with Gasteiger partial charge in [0.05, 0.1) is 16.3 Å². The standard InChI is InChI=1S/C21H21FN2O4S2/c1-15-6-5-7-16(2)21(15)24-30(27,28)19-12-10-18(11-13-19)23-29(25,26)14-17-8-3-4-9-20(17)22/h3-13,23-24H,14H2,1-2H3. The van der Waals surface area contributed by atoms with Crippen LogP contribution < -0.4 is 9.44 Å². The van der Waals surface area contributed by atoms with Crippen molar-refractivity contribution in [1.82, 2.24) is 0 Å². The van der Waals surface area contributed by atoms with Gasteiger partial charge in [0.25, 0.3) is 10.0 Å². The van der Waals surface area contributed by atoms with E-state index in [1.807, 2.05) is 6.07 Å². The first-order chi connectivity index (χ1) is 14.1. The zero-order chi connectivity index (χ0) is 21.9. The second kappa shape index (κ2) is 8.45. The summed E-state index contributed by atoms with van der Waals surface area (Å²) in [6.07, 6.45) is 0. The number of benzene rings is 3. The van der Waals surface area contributed by atoms with E-state index in [0.29, 0.717) is 5.69 Å². The number of nitrogens with one attached hydrogen (secondary N) is 2. The number of aryl methyl sites for hydroxylation is 2. The van der Waals surface area contributed by atoms with Gasteiger partial charge in [-0.3, -0.25) is 9.44 Å². The fourth-order valence-electron chi connectivity index (χ4n) is 2.91. The quantitative estimate of drug-likeness (QED) is 0.567. The van der Waals surface area contributed by atoms with Crippen molar-refractivity contribution in [2.75, 3.05) is 9.44 Å². The van der Waals surface area contributed by atoms with Gasteiger partial charge in [0.15, 0.2) is 0 Å². The Labute approximate surface area is 175 Å². The summed E-state index contributed by atoms with van der Waals surface area (Å²) in [6, 6.07) is 16.4. The van der Waals surface area contributed by atoms with E-state index in [-0.39, 0.29) is 16.1 Å². The molecule has 3 rings (SSSR count). The van der Waals surface area contributed by atoms with Crippen LogP contribution in [0.3, 0.4) is 0 Å². The van der Waals surface area contributed by atoms with E-state index in [9.17, 15) is 21.2 Å². The minimum atomic E-state index is -3.87. The number of anilines is 2. The minimum absolute atomic E-state index is 0.0118. The predicted octanol–water partition coefficient (Wildman–Crippen LogP) is 4.19. The van der Waals surface area contributed by atoms with Crippen LogP contribution in [-0.2, 0) is 25.8 Å². The largest absolute Gasteiger partial charge is 0.283 e. The first-order valence-electron chi connectivity index (χ1n) is 9.00. The fraction of sp³-hybridized carbons (Fsp3) is 0.143. The Morgan fingerprint density at radius 2 is 1.37 bits per heavy atom. The maximum absolute atomic E-state index is 13.7. The number of hydrogen-bond donors (Lipinski definition) is 2. The van der Waals surface area contributed by atoms with Crippen molar-refractivity contribution in [2.45, 2.75) is 24.5 Å². The van der Waals surface area contributed by atoms with Gasteiger partial charge in [0, 0.05) is 11.3 Å². The van der Waals surface area contributed by atoms with Crippen LogP contribution in [0.2, 0.25) is 0 Å². The molecule has 0 saturated heterocycles. The lowest BCUT2D eigenvalue weighted by atomic mass is 10.1. The summed E-state index contributed by atoms with van der Waals surface area (Å²) in [5.74, 6) is -1.14. The SMILES string of the molecule is Cc1cccc(C)c1NS(=O)(=O)c1ccc(NS(=O)(=O)Cc2ccccc2F)cc1. The van der Waals surface area contributed by atoms with Crippen LogP contribution >= 0.6 is 0 Å². The zero-order valence-electron chi connectivity index (χ0n) is 16.4. The molecular formula is C21H21FN2O4S2. The lowest BCUT2D eigenvalue weighted by Gasteiger charge is -2.14. The summed E-state index contributed by atoms with van der Waals surface area (Å²) in [4.78, 5) is -0.0118. The van der Waals surface area contributed by atoms with E-state index < -0.39 is 31.6 Å². The predicted molar refractivity (Wildman–Crippen MR) is 116 cm³/mol. The molecule has 0 bridgehead atoms. The van der Waals surface area contributed by atoms with E-state index in [0.717, 1.165) is 11.1 Å². The number of rotatable bonds is 7. The molecule has 9 heteroatoms. The second-order valence-corrected chi connectivity index (χ2v) is 10.3. The molecule has 0 aromatic heterocycles. The molecule has 0 aliphatic rings. The molecule has 0 spiro atoms. The van der Waals surface area contributed by atoms with Gasteiger partial charge in [-0.1, -0.05) is 36.4 Å². The van der Waals surface area contributed by atoms with Gasteiger partial charge in [-0.25, -0.2) is 21.2 Å². The molecule has 0 heterocycles. The highest BCUT2D eigenvalue weighted by atomic mass is 32.2. The van der Waals surface area contributed by atoms with Crippen molar-refractivity contribution in [3.63, 3.8) is 0 Å². The zero-order valence-corrected chi connectivity index (χ0v) is 18.0. The molecule has 6 nitrogen and oxygen atoms in total. The van der Waals surface area contributed by atoms with Crippen molar-refractivity contribution in [1.29, 1.82) is 0 Å². The van der Waals surface area contributed by atoms with Crippen LogP contribution in [0.15, 0.2) is 71.6 Å². The van der Waals surface area contributed by atoms with Crippen molar-refractivity contribution in [2.24, 2.45) is 0 Å². The van der Waals surface area contributed by atoms with Crippen LogP contribution in [0.5, 0.6) is 0 Å². The Kier molecular flexibility index (Phi) is 6.14. The molecule has 2 N–H and O–H groups in total. The first kappa shape index (κ1) is 21.8. The molecule has 0 unspecified atom stereocenters. The molecule has 0 fully saturated rings. The second-order valence-electron chi connectivity index (χ2n) is 6.85. The maximum atomic E-state index is 13.7. The number of halogens is 1. The molecule has 0 amide bonds. The Morgan fingerprint density at radius 1 is 0.767 bits per heavy atom. The average Bonchev–Trinajstić information content (AvgIpc) is 2.67. The van der Waals surface area contributed by atoms with Crippen LogP contribution in [-0.4, -0.2) is 16.8 Å². The molecule has 0 atom stereocenters. The molecule has 0 aliphatic carbocycles. The van der Waals surface area contributed by atoms with Crippen LogP contribution in [0, 0.1) is 19.7 Å². The third kappa shape index (κ3) is 5.17. The smallest absolute Gasteiger partial charge is 0.261 e. The van der Waals surface area contributed by atoms with Gasteiger partial charge in [-0.2, -0.15) is 0 Å². The van der Waals surface area contributed by atoms with E-state index in [1.165, 1.54) is 42.5 Å². The number of hydrogen-bond acceptors (Lipinski definition) is 4. The monoisotopic (exact) mass is 448 g/mol. The van der Waals surface area contributed by atoms with Gasteiger partial charge < -0.3 is 0 Å². The topological polar surface area (TPSA) is 92.3 Å². The molecule has 0 saturated carbocycles. The van der Waals surface area contributed by atoms with Crippen molar-refractivity contribution < 1.29 is 21.2 Å². The number of para-hydroxylation sites is 1. The molecule has 0 radical (unpaired) electrons. The van der Waals surface area contributed by atoms with Crippen molar-refractivity contribution in [3.8, 4) is 0 Å². The normalized spacial score (nSPS) is 11.8. The third-order valence-corrected chi connectivity index (χ3v) is 7.06. The Morgan fingerprint density at radius 3 is 1.97 bits per heavy atom. The first-order valence-corrected chi connectivity index (χ1v) is 12.1.